The third-order valence-electron chi connectivity index (χ3n) is 1.56. The third kappa shape index (κ3) is 3.30. The van der Waals surface area contributed by atoms with Gasteiger partial charge in [-0.25, -0.2) is 4.39 Å². The summed E-state index contributed by atoms with van der Waals surface area (Å²) in [6.07, 6.45) is -5.15. The molecule has 0 saturated heterocycles. The van der Waals surface area contributed by atoms with Crippen LogP contribution in [0.2, 0.25) is 0 Å². The van der Waals surface area contributed by atoms with E-state index < -0.39 is 32.9 Å². The Morgan fingerprint density at radius 2 is 1.82 bits per heavy atom. The second-order valence-electron chi connectivity index (χ2n) is 2.69. The van der Waals surface area contributed by atoms with E-state index in [0.29, 0.717) is 12.1 Å². The zero-order valence-electron chi connectivity index (χ0n) is 7.99. The van der Waals surface area contributed by atoms with E-state index in [0.717, 1.165) is 6.07 Å². The van der Waals surface area contributed by atoms with Gasteiger partial charge in [-0.05, 0) is 12.1 Å². The first kappa shape index (κ1) is 13.7. The molecule has 0 N–H and O–H groups in total. The Morgan fingerprint density at radius 3 is 2.29 bits per heavy atom. The molecule has 0 spiro atoms. The summed E-state index contributed by atoms with van der Waals surface area (Å²) >= 11 is 0. The van der Waals surface area contributed by atoms with E-state index in [9.17, 15) is 26.0 Å². The topological polar surface area (TPSA) is 52.6 Å². The minimum absolute atomic E-state index is 0.641. The highest BCUT2D eigenvalue weighted by Gasteiger charge is 2.35. The zero-order chi connectivity index (χ0) is 13.3. The number of rotatable bonds is 3. The fraction of sp³-hybridized carbons (Fsp3) is 0.125. The minimum atomic E-state index is -5.15. The Morgan fingerprint density at radius 1 is 1.24 bits per heavy atom. The second-order valence-corrected chi connectivity index (χ2v) is 4.24. The van der Waals surface area contributed by atoms with E-state index in [1.807, 2.05) is 0 Å². The number of benzene rings is 1. The summed E-state index contributed by atoms with van der Waals surface area (Å²) in [6.45, 7) is 0. The van der Waals surface area contributed by atoms with Gasteiger partial charge in [0.1, 0.15) is 5.82 Å². The molecule has 0 heterocycles. The molecule has 0 aliphatic heterocycles. The lowest BCUT2D eigenvalue weighted by Crippen LogP contribution is -2.19. The van der Waals surface area contributed by atoms with Crippen molar-refractivity contribution in [3.63, 3.8) is 0 Å². The molecule has 0 unspecified atom stereocenters. The largest absolute Gasteiger partial charge is 0.573 e. The van der Waals surface area contributed by atoms with Gasteiger partial charge in [0, 0.05) is 0 Å². The van der Waals surface area contributed by atoms with E-state index >= 15 is 0 Å². The Hall–Kier alpha value is -1.35. The van der Waals surface area contributed by atoms with Crippen molar-refractivity contribution in [1.82, 2.24) is 0 Å². The molecule has 0 atom stereocenters. The summed E-state index contributed by atoms with van der Waals surface area (Å²) in [6, 6.07) is 2.15. The van der Waals surface area contributed by atoms with Gasteiger partial charge in [0.15, 0.2) is 10.6 Å². The fourth-order valence-corrected chi connectivity index (χ4v) is 1.78. The van der Waals surface area contributed by atoms with Crippen LogP contribution in [0.25, 0.3) is 0 Å². The number of hydrogen-bond acceptors (Lipinski definition) is 4. The summed E-state index contributed by atoms with van der Waals surface area (Å²) in [5.41, 5.74) is 0. The van der Waals surface area contributed by atoms with Crippen molar-refractivity contribution in [3.05, 3.63) is 31.1 Å². The number of hydrogen-bond donors (Lipinski definition) is 0. The number of halogens is 4. The van der Waals surface area contributed by atoms with Crippen LogP contribution in [0, 0.1) is 12.9 Å². The van der Waals surface area contributed by atoms with E-state index in [-0.39, 0.29) is 0 Å². The lowest BCUT2D eigenvalue weighted by molar-refractivity contribution is -0.275. The Kier molecular flexibility index (Phi) is 3.62. The van der Waals surface area contributed by atoms with Crippen molar-refractivity contribution in [2.24, 2.45) is 0 Å². The van der Waals surface area contributed by atoms with Crippen LogP contribution in [-0.4, -0.2) is 14.8 Å². The molecule has 1 aromatic rings. The average molecular weight is 273 g/mol. The Balaban J connectivity index is 3.38. The highest BCUT2D eigenvalue weighted by molar-refractivity contribution is 7.87. The van der Waals surface area contributed by atoms with Crippen LogP contribution in [0.3, 0.4) is 0 Å². The van der Waals surface area contributed by atoms with E-state index in [1.54, 1.807) is 0 Å². The van der Waals surface area contributed by atoms with Crippen molar-refractivity contribution in [2.75, 3.05) is 0 Å². The first-order valence-electron chi connectivity index (χ1n) is 3.90. The zero-order valence-corrected chi connectivity index (χ0v) is 8.81. The van der Waals surface area contributed by atoms with Gasteiger partial charge in [-0.3, -0.25) is 4.18 Å². The first-order chi connectivity index (χ1) is 7.67. The molecule has 0 amide bonds. The molecule has 95 valence electrons. The number of alkyl halides is 3. The molecular weight excluding hydrogens is 268 g/mol. The van der Waals surface area contributed by atoms with Crippen LogP contribution >= 0.6 is 0 Å². The highest BCUT2D eigenvalue weighted by atomic mass is 32.2. The molecule has 1 rings (SSSR count). The monoisotopic (exact) mass is 273 g/mol. The maximum absolute atomic E-state index is 13.2. The fourth-order valence-electron chi connectivity index (χ4n) is 0.996. The maximum atomic E-state index is 13.2. The molecule has 0 bridgehead atoms. The molecule has 0 aliphatic rings. The summed E-state index contributed by atoms with van der Waals surface area (Å²) in [4.78, 5) is -1.35. The summed E-state index contributed by atoms with van der Waals surface area (Å²) in [5.74, 6) is -2.66. The normalized spacial score (nSPS) is 12.5. The van der Waals surface area contributed by atoms with Gasteiger partial charge in [-0.15, -0.1) is 13.2 Å². The number of ether oxygens (including phenoxy) is 1. The van der Waals surface area contributed by atoms with Gasteiger partial charge < -0.3 is 4.74 Å². The van der Waals surface area contributed by atoms with Gasteiger partial charge in [-0.2, -0.15) is 8.42 Å². The van der Waals surface area contributed by atoms with Crippen LogP contribution < -0.4 is 4.74 Å². The lowest BCUT2D eigenvalue weighted by Gasteiger charge is -2.12. The van der Waals surface area contributed by atoms with Crippen LogP contribution in [0.5, 0.6) is 5.75 Å². The molecule has 0 fully saturated rings. The standard InChI is InChI=1S/C8H5F4O4S/c1-15-17(13,14)7-5(9)3-2-4-6(7)16-8(10,11)12/h2-4H,1H2. The van der Waals surface area contributed by atoms with E-state index in [1.165, 1.54) is 0 Å². The van der Waals surface area contributed by atoms with Crippen LogP contribution in [-0.2, 0) is 14.3 Å². The maximum Gasteiger partial charge on any atom is 0.573 e. The smallest absolute Gasteiger partial charge is 0.404 e. The lowest BCUT2D eigenvalue weighted by atomic mass is 10.3. The van der Waals surface area contributed by atoms with Crippen molar-refractivity contribution in [1.29, 1.82) is 0 Å². The minimum Gasteiger partial charge on any atom is -0.404 e. The molecule has 9 heteroatoms. The van der Waals surface area contributed by atoms with Crippen LogP contribution in [0.4, 0.5) is 17.6 Å². The van der Waals surface area contributed by atoms with Gasteiger partial charge in [-0.1, -0.05) is 6.07 Å². The van der Waals surface area contributed by atoms with Gasteiger partial charge in [0.2, 0.25) is 0 Å². The van der Waals surface area contributed by atoms with Crippen molar-refractivity contribution < 1.29 is 34.9 Å². The average Bonchev–Trinajstić information content (AvgIpc) is 2.14. The molecule has 0 aromatic heterocycles. The molecule has 1 aromatic carbocycles. The Labute approximate surface area is 93.9 Å². The molecular formula is C8H5F4O4S. The second kappa shape index (κ2) is 4.49. The van der Waals surface area contributed by atoms with E-state index in [2.05, 4.69) is 16.0 Å². The van der Waals surface area contributed by atoms with Crippen molar-refractivity contribution in [2.45, 2.75) is 11.3 Å². The van der Waals surface area contributed by atoms with Crippen LogP contribution in [0.15, 0.2) is 23.1 Å². The van der Waals surface area contributed by atoms with Gasteiger partial charge in [0.05, 0.1) is 7.11 Å². The van der Waals surface area contributed by atoms with Gasteiger partial charge in [0.25, 0.3) is 0 Å². The van der Waals surface area contributed by atoms with Gasteiger partial charge >= 0.3 is 16.5 Å². The molecule has 0 aliphatic carbocycles. The third-order valence-corrected chi connectivity index (χ3v) is 2.77. The predicted octanol–water partition coefficient (Wildman–Crippen LogP) is 2.22. The quantitative estimate of drug-likeness (QED) is 0.626. The first-order valence-corrected chi connectivity index (χ1v) is 5.31. The summed E-state index contributed by atoms with van der Waals surface area (Å²) in [7, 11) is -2.22. The Bertz CT molecular complexity index is 509. The van der Waals surface area contributed by atoms with E-state index in [4.69, 9.17) is 0 Å². The van der Waals surface area contributed by atoms with Crippen LogP contribution in [0.1, 0.15) is 0 Å². The van der Waals surface area contributed by atoms with Crippen molar-refractivity contribution >= 4 is 10.1 Å². The van der Waals surface area contributed by atoms with Crippen molar-refractivity contribution in [3.8, 4) is 5.75 Å². The molecule has 1 radical (unpaired) electrons. The summed E-state index contributed by atoms with van der Waals surface area (Å²) in [5, 5.41) is 0. The molecule has 4 nitrogen and oxygen atoms in total. The predicted molar refractivity (Wildman–Crippen MR) is 46.7 cm³/mol. The highest BCUT2D eigenvalue weighted by Crippen LogP contribution is 2.32. The summed E-state index contributed by atoms with van der Waals surface area (Å²) < 4.78 is 78.4. The molecule has 0 saturated carbocycles. The SMILES string of the molecule is [CH2]OS(=O)(=O)c1c(F)cccc1OC(F)(F)F. The molecule has 17 heavy (non-hydrogen) atoms.